The van der Waals surface area contributed by atoms with Gasteiger partial charge in [-0.3, -0.25) is 4.99 Å². The molecule has 0 amide bonds. The van der Waals surface area contributed by atoms with E-state index in [0.29, 0.717) is 0 Å². The Hall–Kier alpha value is -1.75. The van der Waals surface area contributed by atoms with Gasteiger partial charge in [0.05, 0.1) is 6.26 Å². The molecule has 108 valence electrons. The van der Waals surface area contributed by atoms with Crippen LogP contribution in [0.2, 0.25) is 0 Å². The van der Waals surface area contributed by atoms with Gasteiger partial charge in [0.2, 0.25) is 0 Å². The first kappa shape index (κ1) is 14.7. The number of nitrogens with zero attached hydrogens (tertiary/aromatic N) is 2. The summed E-state index contributed by atoms with van der Waals surface area (Å²) in [4.78, 5) is 7.87. The molecule has 2 heterocycles. The molecule has 0 aliphatic heterocycles. The summed E-state index contributed by atoms with van der Waals surface area (Å²) < 4.78 is 5.31. The number of thiophene rings is 1. The van der Waals surface area contributed by atoms with Crippen molar-refractivity contribution in [1.29, 1.82) is 0 Å². The first-order valence-corrected chi connectivity index (χ1v) is 7.64. The van der Waals surface area contributed by atoms with Crippen LogP contribution in [0.15, 0.2) is 45.3 Å². The Morgan fingerprint density at radius 2 is 2.25 bits per heavy atom. The number of likely N-dealkylation sites (N-methyl/N-ethyl adjacent to an activating group) is 1. The summed E-state index contributed by atoms with van der Waals surface area (Å²) in [6, 6.07) is 8.17. The van der Waals surface area contributed by atoms with Crippen LogP contribution in [0.25, 0.3) is 0 Å². The van der Waals surface area contributed by atoms with E-state index in [4.69, 9.17) is 4.42 Å². The summed E-state index contributed by atoms with van der Waals surface area (Å²) in [5.41, 5.74) is 0. The van der Waals surface area contributed by atoms with Crippen molar-refractivity contribution in [2.24, 2.45) is 4.99 Å². The normalized spacial score (nSPS) is 11.6. The van der Waals surface area contributed by atoms with Gasteiger partial charge < -0.3 is 14.6 Å². The van der Waals surface area contributed by atoms with Gasteiger partial charge in [-0.1, -0.05) is 6.07 Å². The minimum Gasteiger partial charge on any atom is -0.469 e. The second kappa shape index (κ2) is 7.75. The summed E-state index contributed by atoms with van der Waals surface area (Å²) in [6.07, 6.45) is 3.62. The Bertz CT molecular complexity index is 505. The van der Waals surface area contributed by atoms with E-state index in [9.17, 15) is 0 Å². The molecule has 2 aromatic heterocycles. The van der Waals surface area contributed by atoms with Gasteiger partial charge >= 0.3 is 0 Å². The lowest BCUT2D eigenvalue weighted by Crippen LogP contribution is -2.40. The lowest BCUT2D eigenvalue weighted by atomic mass is 10.3. The fourth-order valence-electron chi connectivity index (χ4n) is 1.98. The highest BCUT2D eigenvalue weighted by Gasteiger charge is 2.06. The van der Waals surface area contributed by atoms with Gasteiger partial charge in [0.1, 0.15) is 5.76 Å². The van der Waals surface area contributed by atoms with Crippen LogP contribution in [0.3, 0.4) is 0 Å². The first-order valence-electron chi connectivity index (χ1n) is 6.76. The SMILES string of the molecule is CN=C(NCCc1ccco1)N(C)CCc1cccs1. The van der Waals surface area contributed by atoms with Gasteiger partial charge in [-0.25, -0.2) is 0 Å². The minimum atomic E-state index is 0.823. The number of aliphatic imine (C=N–C) groups is 1. The van der Waals surface area contributed by atoms with Gasteiger partial charge in [0.15, 0.2) is 5.96 Å². The van der Waals surface area contributed by atoms with E-state index in [1.54, 1.807) is 17.6 Å². The predicted molar refractivity (Wildman–Crippen MR) is 84.4 cm³/mol. The number of nitrogens with one attached hydrogen (secondary N) is 1. The Kier molecular flexibility index (Phi) is 5.68. The van der Waals surface area contributed by atoms with Crippen molar-refractivity contribution in [3.63, 3.8) is 0 Å². The zero-order valence-corrected chi connectivity index (χ0v) is 12.8. The largest absolute Gasteiger partial charge is 0.469 e. The van der Waals surface area contributed by atoms with Crippen molar-refractivity contribution in [1.82, 2.24) is 10.2 Å². The Balaban J connectivity index is 1.73. The molecule has 0 aliphatic carbocycles. The highest BCUT2D eigenvalue weighted by atomic mass is 32.1. The molecule has 0 atom stereocenters. The second-order valence-electron chi connectivity index (χ2n) is 4.55. The summed E-state index contributed by atoms with van der Waals surface area (Å²) in [5.74, 6) is 1.92. The third kappa shape index (κ3) is 4.42. The zero-order chi connectivity index (χ0) is 14.2. The summed E-state index contributed by atoms with van der Waals surface area (Å²) in [6.45, 7) is 1.78. The molecule has 1 N–H and O–H groups in total. The molecular formula is C15H21N3OS. The summed E-state index contributed by atoms with van der Waals surface area (Å²) >= 11 is 1.80. The van der Waals surface area contributed by atoms with E-state index in [0.717, 1.165) is 37.7 Å². The molecule has 4 nitrogen and oxygen atoms in total. The highest BCUT2D eigenvalue weighted by molar-refractivity contribution is 7.09. The standard InChI is InChI=1S/C15H21N3OS/c1-16-15(17-9-7-13-5-3-11-19-13)18(2)10-8-14-6-4-12-20-14/h3-6,11-12H,7-10H2,1-2H3,(H,16,17). The first-order chi connectivity index (χ1) is 9.79. The zero-order valence-electron chi connectivity index (χ0n) is 12.0. The van der Waals surface area contributed by atoms with Crippen molar-refractivity contribution >= 4 is 17.3 Å². The third-order valence-electron chi connectivity index (χ3n) is 3.08. The van der Waals surface area contributed by atoms with Crippen molar-refractivity contribution in [3.8, 4) is 0 Å². The molecule has 0 aromatic carbocycles. The lowest BCUT2D eigenvalue weighted by Gasteiger charge is -2.21. The second-order valence-corrected chi connectivity index (χ2v) is 5.59. The molecule has 0 aliphatic rings. The highest BCUT2D eigenvalue weighted by Crippen LogP contribution is 2.09. The Labute approximate surface area is 124 Å². The van der Waals surface area contributed by atoms with Crippen molar-refractivity contribution in [3.05, 3.63) is 46.5 Å². The van der Waals surface area contributed by atoms with Crippen LogP contribution in [0.4, 0.5) is 0 Å². The van der Waals surface area contributed by atoms with Crippen molar-refractivity contribution in [2.75, 3.05) is 27.2 Å². The maximum atomic E-state index is 5.31. The molecular weight excluding hydrogens is 270 g/mol. The van der Waals surface area contributed by atoms with Crippen LogP contribution in [0, 0.1) is 0 Å². The number of hydrogen-bond donors (Lipinski definition) is 1. The average molecular weight is 291 g/mol. The van der Waals surface area contributed by atoms with E-state index in [1.165, 1.54) is 4.88 Å². The van der Waals surface area contributed by atoms with Gasteiger partial charge in [-0.15, -0.1) is 11.3 Å². The smallest absolute Gasteiger partial charge is 0.193 e. The minimum absolute atomic E-state index is 0.823. The summed E-state index contributed by atoms with van der Waals surface area (Å²) in [5, 5.41) is 5.47. The molecule has 0 saturated heterocycles. The van der Waals surface area contributed by atoms with Crippen LogP contribution < -0.4 is 5.32 Å². The van der Waals surface area contributed by atoms with Crippen molar-refractivity contribution < 1.29 is 4.42 Å². The molecule has 20 heavy (non-hydrogen) atoms. The predicted octanol–water partition coefficient (Wildman–Crippen LogP) is 2.63. The van der Waals surface area contributed by atoms with Crippen LogP contribution in [-0.4, -0.2) is 38.0 Å². The number of rotatable bonds is 6. The molecule has 2 aromatic rings. The topological polar surface area (TPSA) is 40.8 Å². The number of guanidine groups is 1. The maximum Gasteiger partial charge on any atom is 0.193 e. The Morgan fingerprint density at radius 1 is 1.35 bits per heavy atom. The van der Waals surface area contributed by atoms with Gasteiger partial charge in [0, 0.05) is 38.5 Å². The monoisotopic (exact) mass is 291 g/mol. The molecule has 0 unspecified atom stereocenters. The summed E-state index contributed by atoms with van der Waals surface area (Å²) in [7, 11) is 3.88. The average Bonchev–Trinajstić information content (AvgIpc) is 3.14. The number of hydrogen-bond acceptors (Lipinski definition) is 3. The lowest BCUT2D eigenvalue weighted by molar-refractivity contribution is 0.477. The maximum absolute atomic E-state index is 5.31. The van der Waals surface area contributed by atoms with E-state index >= 15 is 0 Å². The fourth-order valence-corrected chi connectivity index (χ4v) is 2.67. The van der Waals surface area contributed by atoms with E-state index in [-0.39, 0.29) is 0 Å². The third-order valence-corrected chi connectivity index (χ3v) is 4.02. The van der Waals surface area contributed by atoms with Crippen LogP contribution >= 0.6 is 11.3 Å². The fraction of sp³-hybridized carbons (Fsp3) is 0.400. The number of furan rings is 1. The molecule has 5 heteroatoms. The molecule has 0 radical (unpaired) electrons. The molecule has 0 saturated carbocycles. The van der Waals surface area contributed by atoms with Gasteiger partial charge in [-0.2, -0.15) is 0 Å². The van der Waals surface area contributed by atoms with Crippen LogP contribution in [-0.2, 0) is 12.8 Å². The Morgan fingerprint density at radius 3 is 2.90 bits per heavy atom. The van der Waals surface area contributed by atoms with Crippen LogP contribution in [0.5, 0.6) is 0 Å². The van der Waals surface area contributed by atoms with Crippen molar-refractivity contribution in [2.45, 2.75) is 12.8 Å². The van der Waals surface area contributed by atoms with Crippen LogP contribution in [0.1, 0.15) is 10.6 Å². The van der Waals surface area contributed by atoms with Gasteiger partial charge in [0.25, 0.3) is 0 Å². The molecule has 0 fully saturated rings. The quantitative estimate of drug-likeness (QED) is 0.657. The molecule has 0 bridgehead atoms. The van der Waals surface area contributed by atoms with E-state index in [2.05, 4.69) is 39.8 Å². The van der Waals surface area contributed by atoms with E-state index in [1.807, 2.05) is 19.2 Å². The molecule has 2 rings (SSSR count). The van der Waals surface area contributed by atoms with Gasteiger partial charge in [-0.05, 0) is 30.0 Å². The molecule has 0 spiro atoms. The van der Waals surface area contributed by atoms with E-state index < -0.39 is 0 Å².